The fraction of sp³-hybridized carbons (Fsp3) is 0.250. The maximum absolute atomic E-state index is 11.7. The Morgan fingerprint density at radius 1 is 1.41 bits per heavy atom. The van der Waals surface area contributed by atoms with E-state index in [1.807, 2.05) is 6.92 Å². The Morgan fingerprint density at radius 3 is 2.68 bits per heavy atom. The number of hydrogen-bond donors (Lipinski definition) is 2. The molecule has 0 spiro atoms. The van der Waals surface area contributed by atoms with Gasteiger partial charge in [-0.25, -0.2) is 18.1 Å². The highest BCUT2D eigenvalue weighted by Gasteiger charge is 2.20. The van der Waals surface area contributed by atoms with Crippen LogP contribution in [0.15, 0.2) is 29.3 Å². The van der Waals surface area contributed by atoms with Crippen LogP contribution < -0.4 is 10.0 Å². The minimum absolute atomic E-state index is 0.152. The number of nitro groups is 1. The Labute approximate surface area is 131 Å². The maximum Gasteiger partial charge on any atom is 0.293 e. The molecule has 1 aromatic carbocycles. The second kappa shape index (κ2) is 6.38. The predicted molar refractivity (Wildman–Crippen MR) is 83.5 cm³/mol. The lowest BCUT2D eigenvalue weighted by molar-refractivity contribution is -0.384. The molecule has 0 aliphatic rings. The van der Waals surface area contributed by atoms with Crippen LogP contribution >= 0.6 is 11.3 Å². The second-order valence-electron chi connectivity index (χ2n) is 4.34. The van der Waals surface area contributed by atoms with Gasteiger partial charge in [0, 0.05) is 17.1 Å². The van der Waals surface area contributed by atoms with Gasteiger partial charge in [-0.3, -0.25) is 10.1 Å². The topological polar surface area (TPSA) is 114 Å². The number of nitrogens with zero attached hydrogens (tertiary/aromatic N) is 2. The molecule has 0 aliphatic carbocycles. The summed E-state index contributed by atoms with van der Waals surface area (Å²) in [5, 5.41) is 15.0. The molecule has 0 radical (unpaired) electrons. The molecular weight excluding hydrogens is 328 g/mol. The van der Waals surface area contributed by atoms with E-state index >= 15 is 0 Å². The average molecular weight is 342 g/mol. The first-order valence-corrected chi connectivity index (χ1v) is 8.50. The van der Waals surface area contributed by atoms with Crippen molar-refractivity contribution in [3.05, 3.63) is 44.4 Å². The van der Waals surface area contributed by atoms with Gasteiger partial charge in [-0.2, -0.15) is 0 Å². The fourth-order valence-electron chi connectivity index (χ4n) is 1.77. The summed E-state index contributed by atoms with van der Waals surface area (Å²) in [5.74, 6) is 0. The molecule has 1 aromatic heterocycles. The van der Waals surface area contributed by atoms with Crippen molar-refractivity contribution in [2.24, 2.45) is 0 Å². The van der Waals surface area contributed by atoms with E-state index in [2.05, 4.69) is 15.0 Å². The van der Waals surface area contributed by atoms with E-state index in [4.69, 9.17) is 0 Å². The van der Waals surface area contributed by atoms with Crippen molar-refractivity contribution in [3.63, 3.8) is 0 Å². The smallest absolute Gasteiger partial charge is 0.293 e. The number of anilines is 1. The molecule has 118 valence electrons. The van der Waals surface area contributed by atoms with Crippen molar-refractivity contribution in [1.82, 2.24) is 9.71 Å². The number of hydrogen-bond acceptors (Lipinski definition) is 7. The summed E-state index contributed by atoms with van der Waals surface area (Å²) in [4.78, 5) is 15.4. The Morgan fingerprint density at radius 2 is 2.14 bits per heavy atom. The van der Waals surface area contributed by atoms with Gasteiger partial charge in [0.15, 0.2) is 0 Å². The summed E-state index contributed by atoms with van der Waals surface area (Å²) in [6.45, 7) is 2.25. The van der Waals surface area contributed by atoms with Crippen molar-refractivity contribution < 1.29 is 13.3 Å². The van der Waals surface area contributed by atoms with Crippen LogP contribution in [0.3, 0.4) is 0 Å². The van der Waals surface area contributed by atoms with Crippen LogP contribution in [0.5, 0.6) is 0 Å². The molecule has 0 saturated carbocycles. The maximum atomic E-state index is 11.7. The van der Waals surface area contributed by atoms with E-state index in [9.17, 15) is 18.5 Å². The molecule has 0 bridgehead atoms. The zero-order valence-electron chi connectivity index (χ0n) is 11.9. The molecule has 8 nitrogen and oxygen atoms in total. The summed E-state index contributed by atoms with van der Waals surface area (Å²) in [6, 6.07) is 3.74. The third kappa shape index (κ3) is 3.59. The van der Waals surface area contributed by atoms with Crippen molar-refractivity contribution in [2.75, 3.05) is 12.4 Å². The summed E-state index contributed by atoms with van der Waals surface area (Å²) >= 11 is 1.48. The van der Waals surface area contributed by atoms with Crippen molar-refractivity contribution >= 4 is 32.7 Å². The van der Waals surface area contributed by atoms with Gasteiger partial charge in [-0.1, -0.05) is 0 Å². The van der Waals surface area contributed by atoms with E-state index in [-0.39, 0.29) is 16.3 Å². The average Bonchev–Trinajstić information content (AvgIpc) is 2.90. The molecule has 10 heteroatoms. The molecule has 2 N–H and O–H groups in total. The number of thiazole rings is 1. The van der Waals surface area contributed by atoms with Gasteiger partial charge in [0.1, 0.15) is 5.69 Å². The Kier molecular flexibility index (Phi) is 4.74. The molecule has 0 saturated heterocycles. The zero-order valence-corrected chi connectivity index (χ0v) is 13.5. The van der Waals surface area contributed by atoms with Gasteiger partial charge >= 0.3 is 0 Å². The van der Waals surface area contributed by atoms with Gasteiger partial charge in [0.25, 0.3) is 5.69 Å². The third-order valence-electron chi connectivity index (χ3n) is 2.87. The largest absolute Gasteiger partial charge is 0.375 e. The van der Waals surface area contributed by atoms with E-state index in [0.717, 1.165) is 16.0 Å². The SMILES string of the molecule is CNS(=O)(=O)c1ccc(NCc2cnc(C)s2)c([N+](=O)[O-])c1. The van der Waals surface area contributed by atoms with Crippen molar-refractivity contribution in [1.29, 1.82) is 0 Å². The standard InChI is InChI=1S/C12H14N4O4S2/c1-8-14-6-9(21-8)7-15-11-4-3-10(22(19,20)13-2)5-12(11)16(17)18/h3-6,13,15H,7H2,1-2H3. The summed E-state index contributed by atoms with van der Waals surface area (Å²) < 4.78 is 25.5. The van der Waals surface area contributed by atoms with E-state index in [0.29, 0.717) is 6.54 Å². The second-order valence-corrected chi connectivity index (χ2v) is 7.55. The fourth-order valence-corrected chi connectivity index (χ4v) is 3.25. The first-order chi connectivity index (χ1) is 10.3. The molecule has 2 aromatic rings. The Bertz CT molecular complexity index is 801. The van der Waals surface area contributed by atoms with Gasteiger partial charge in [-0.05, 0) is 26.1 Å². The Balaban J connectivity index is 2.29. The zero-order chi connectivity index (χ0) is 16.3. The number of sulfonamides is 1. The number of benzene rings is 1. The quantitative estimate of drug-likeness (QED) is 0.612. The van der Waals surface area contributed by atoms with Crippen LogP contribution in [-0.2, 0) is 16.6 Å². The molecule has 1 heterocycles. The molecule has 0 atom stereocenters. The van der Waals surface area contributed by atoms with Crippen molar-refractivity contribution in [3.8, 4) is 0 Å². The monoisotopic (exact) mass is 342 g/mol. The summed E-state index contributed by atoms with van der Waals surface area (Å²) in [7, 11) is -2.48. The molecule has 0 amide bonds. The van der Waals surface area contributed by atoms with Gasteiger partial charge < -0.3 is 5.32 Å². The first-order valence-electron chi connectivity index (χ1n) is 6.20. The van der Waals surface area contributed by atoms with Gasteiger partial charge in [-0.15, -0.1) is 11.3 Å². The molecule has 2 rings (SSSR count). The lowest BCUT2D eigenvalue weighted by Crippen LogP contribution is -2.18. The molecular formula is C12H14N4O4S2. The highest BCUT2D eigenvalue weighted by atomic mass is 32.2. The summed E-state index contributed by atoms with van der Waals surface area (Å²) in [6.07, 6.45) is 1.69. The van der Waals surface area contributed by atoms with Crippen LogP contribution in [0.25, 0.3) is 0 Å². The molecule has 0 unspecified atom stereocenters. The number of nitrogens with one attached hydrogen (secondary N) is 2. The predicted octanol–water partition coefficient (Wildman–Crippen LogP) is 1.88. The van der Waals surface area contributed by atoms with Gasteiger partial charge in [0.05, 0.1) is 21.4 Å². The minimum Gasteiger partial charge on any atom is -0.375 e. The van der Waals surface area contributed by atoms with Crippen LogP contribution in [0.2, 0.25) is 0 Å². The lowest BCUT2D eigenvalue weighted by Gasteiger charge is -2.08. The number of rotatable bonds is 6. The van der Waals surface area contributed by atoms with Crippen LogP contribution in [-0.4, -0.2) is 25.4 Å². The molecule has 0 fully saturated rings. The van der Waals surface area contributed by atoms with Crippen LogP contribution in [0, 0.1) is 17.0 Å². The van der Waals surface area contributed by atoms with Gasteiger partial charge in [0.2, 0.25) is 10.0 Å². The number of aromatic nitrogens is 1. The number of aryl methyl sites for hydroxylation is 1. The highest BCUT2D eigenvalue weighted by Crippen LogP contribution is 2.28. The summed E-state index contributed by atoms with van der Waals surface area (Å²) in [5.41, 5.74) is -0.0383. The van der Waals surface area contributed by atoms with Crippen LogP contribution in [0.4, 0.5) is 11.4 Å². The van der Waals surface area contributed by atoms with Crippen molar-refractivity contribution in [2.45, 2.75) is 18.4 Å². The number of nitro benzene ring substituents is 1. The molecule has 22 heavy (non-hydrogen) atoms. The Hall–Kier alpha value is -2.04. The van der Waals surface area contributed by atoms with Crippen LogP contribution in [0.1, 0.15) is 9.88 Å². The van der Waals surface area contributed by atoms with E-state index in [1.165, 1.54) is 30.5 Å². The minimum atomic E-state index is -3.72. The first kappa shape index (κ1) is 16.3. The lowest BCUT2D eigenvalue weighted by atomic mass is 10.2. The third-order valence-corrected chi connectivity index (χ3v) is 5.19. The van der Waals surface area contributed by atoms with E-state index in [1.54, 1.807) is 6.20 Å². The van der Waals surface area contributed by atoms with E-state index < -0.39 is 14.9 Å². The normalized spacial score (nSPS) is 11.4. The highest BCUT2D eigenvalue weighted by molar-refractivity contribution is 7.89. The molecule has 0 aliphatic heterocycles.